The number of nitrogens with one attached hydrogen (secondary N) is 2. The lowest BCUT2D eigenvalue weighted by Crippen LogP contribution is -2.34. The minimum Gasteiger partial charge on any atom is -0.464 e. The van der Waals surface area contributed by atoms with Gasteiger partial charge in [0.05, 0.1) is 6.26 Å². The summed E-state index contributed by atoms with van der Waals surface area (Å²) in [4.78, 5) is 0. The van der Waals surface area contributed by atoms with Gasteiger partial charge in [0.2, 0.25) is 0 Å². The first-order valence-corrected chi connectivity index (χ1v) is 6.83. The van der Waals surface area contributed by atoms with E-state index in [2.05, 4.69) is 22.8 Å². The molecule has 1 aliphatic rings. The van der Waals surface area contributed by atoms with Crippen LogP contribution in [-0.4, -0.2) is 25.7 Å². The van der Waals surface area contributed by atoms with E-state index in [0.717, 1.165) is 25.1 Å². The molecule has 1 unspecified atom stereocenters. The fourth-order valence-electron chi connectivity index (χ4n) is 2.66. The number of benzene rings is 1. The molecule has 0 amide bonds. The molecular formula is C15H20N2O. The third-order valence-corrected chi connectivity index (χ3v) is 3.69. The Morgan fingerprint density at radius 1 is 1.33 bits per heavy atom. The molecule has 1 saturated heterocycles. The molecule has 2 aromatic rings. The molecular weight excluding hydrogens is 224 g/mol. The van der Waals surface area contributed by atoms with Crippen LogP contribution in [0.25, 0.3) is 11.0 Å². The van der Waals surface area contributed by atoms with Gasteiger partial charge in [-0.15, -0.1) is 0 Å². The Balaban J connectivity index is 1.50. The summed E-state index contributed by atoms with van der Waals surface area (Å²) in [5.74, 6) is 0. The Hall–Kier alpha value is -1.32. The molecule has 0 aliphatic carbocycles. The van der Waals surface area contributed by atoms with Gasteiger partial charge in [0.15, 0.2) is 0 Å². The van der Waals surface area contributed by atoms with E-state index in [1.54, 1.807) is 0 Å². The van der Waals surface area contributed by atoms with Crippen molar-refractivity contribution in [2.45, 2.75) is 25.3 Å². The molecule has 3 nitrogen and oxygen atoms in total. The number of hydrogen-bond acceptors (Lipinski definition) is 3. The van der Waals surface area contributed by atoms with Crippen molar-refractivity contribution in [3.8, 4) is 0 Å². The average Bonchev–Trinajstić information content (AvgIpc) is 3.04. The standard InChI is InChI=1S/C15H20N2O/c1-2-6-15-14(5-1)12(11-18-15)7-9-16-10-13-4-3-8-17-13/h1-2,5-6,11,13,16-17H,3-4,7-10H2. The van der Waals surface area contributed by atoms with Crippen molar-refractivity contribution in [3.63, 3.8) is 0 Å². The maximum atomic E-state index is 5.54. The minimum atomic E-state index is 0.672. The largest absolute Gasteiger partial charge is 0.464 e. The zero-order chi connectivity index (χ0) is 12.2. The summed E-state index contributed by atoms with van der Waals surface area (Å²) in [6.07, 6.45) is 5.55. The monoisotopic (exact) mass is 244 g/mol. The van der Waals surface area contributed by atoms with Gasteiger partial charge in [-0.3, -0.25) is 0 Å². The Labute approximate surface area is 108 Å². The van der Waals surface area contributed by atoms with E-state index < -0.39 is 0 Å². The molecule has 0 spiro atoms. The van der Waals surface area contributed by atoms with Crippen LogP contribution in [0.5, 0.6) is 0 Å². The minimum absolute atomic E-state index is 0.672. The third kappa shape index (κ3) is 2.57. The molecule has 1 aromatic heterocycles. The van der Waals surface area contributed by atoms with Crippen molar-refractivity contribution in [2.75, 3.05) is 19.6 Å². The van der Waals surface area contributed by atoms with Gasteiger partial charge in [-0.25, -0.2) is 0 Å². The Morgan fingerprint density at radius 3 is 3.17 bits per heavy atom. The molecule has 1 aromatic carbocycles. The third-order valence-electron chi connectivity index (χ3n) is 3.69. The van der Waals surface area contributed by atoms with Crippen LogP contribution in [0.15, 0.2) is 34.9 Å². The van der Waals surface area contributed by atoms with Crippen LogP contribution in [0.4, 0.5) is 0 Å². The lowest BCUT2D eigenvalue weighted by molar-refractivity contribution is 0.536. The van der Waals surface area contributed by atoms with Crippen LogP contribution in [0.1, 0.15) is 18.4 Å². The molecule has 3 rings (SSSR count). The maximum Gasteiger partial charge on any atom is 0.134 e. The second-order valence-electron chi connectivity index (χ2n) is 5.00. The normalized spacial score (nSPS) is 19.7. The fraction of sp³-hybridized carbons (Fsp3) is 0.467. The van der Waals surface area contributed by atoms with Crippen LogP contribution in [0.2, 0.25) is 0 Å². The van der Waals surface area contributed by atoms with Gasteiger partial charge >= 0.3 is 0 Å². The summed E-state index contributed by atoms with van der Waals surface area (Å²) in [5.41, 5.74) is 2.29. The molecule has 3 heteroatoms. The van der Waals surface area contributed by atoms with Gasteiger partial charge in [0, 0.05) is 18.0 Å². The lowest BCUT2D eigenvalue weighted by Gasteiger charge is -2.10. The van der Waals surface area contributed by atoms with Crippen LogP contribution < -0.4 is 10.6 Å². The lowest BCUT2D eigenvalue weighted by atomic mass is 10.1. The van der Waals surface area contributed by atoms with E-state index in [1.165, 1.54) is 30.3 Å². The summed E-state index contributed by atoms with van der Waals surface area (Å²) < 4.78 is 5.54. The number of hydrogen-bond donors (Lipinski definition) is 2. The molecule has 1 atom stereocenters. The highest BCUT2D eigenvalue weighted by Gasteiger charge is 2.12. The van der Waals surface area contributed by atoms with E-state index >= 15 is 0 Å². The summed E-state index contributed by atoms with van der Waals surface area (Å²) in [6.45, 7) is 3.27. The Kier molecular flexibility index (Phi) is 3.62. The Bertz CT molecular complexity index is 500. The van der Waals surface area contributed by atoms with E-state index in [-0.39, 0.29) is 0 Å². The van der Waals surface area contributed by atoms with Gasteiger partial charge in [0.1, 0.15) is 5.58 Å². The van der Waals surface area contributed by atoms with Crippen molar-refractivity contribution in [1.82, 2.24) is 10.6 Å². The number of rotatable bonds is 5. The van der Waals surface area contributed by atoms with Gasteiger partial charge in [-0.05, 0) is 44.0 Å². The van der Waals surface area contributed by atoms with Crippen molar-refractivity contribution in [3.05, 3.63) is 36.1 Å². The molecule has 0 saturated carbocycles. The zero-order valence-corrected chi connectivity index (χ0v) is 10.6. The molecule has 0 radical (unpaired) electrons. The summed E-state index contributed by atoms with van der Waals surface area (Å²) in [7, 11) is 0. The second kappa shape index (κ2) is 5.55. The maximum absolute atomic E-state index is 5.54. The van der Waals surface area contributed by atoms with Crippen molar-refractivity contribution >= 4 is 11.0 Å². The smallest absolute Gasteiger partial charge is 0.134 e. The molecule has 18 heavy (non-hydrogen) atoms. The molecule has 1 aliphatic heterocycles. The van der Waals surface area contributed by atoms with Crippen LogP contribution >= 0.6 is 0 Å². The highest BCUT2D eigenvalue weighted by molar-refractivity contribution is 5.80. The molecule has 96 valence electrons. The quantitative estimate of drug-likeness (QED) is 0.793. The second-order valence-corrected chi connectivity index (χ2v) is 5.00. The van der Waals surface area contributed by atoms with E-state index in [9.17, 15) is 0 Å². The van der Waals surface area contributed by atoms with E-state index in [4.69, 9.17) is 4.42 Å². The summed E-state index contributed by atoms with van der Waals surface area (Å²) in [5, 5.41) is 8.27. The van der Waals surface area contributed by atoms with Gasteiger partial charge < -0.3 is 15.1 Å². The van der Waals surface area contributed by atoms with Crippen LogP contribution in [0, 0.1) is 0 Å². The zero-order valence-electron chi connectivity index (χ0n) is 10.6. The van der Waals surface area contributed by atoms with E-state index in [1.807, 2.05) is 18.4 Å². The van der Waals surface area contributed by atoms with Crippen molar-refractivity contribution in [2.24, 2.45) is 0 Å². The summed E-state index contributed by atoms with van der Waals surface area (Å²) >= 11 is 0. The van der Waals surface area contributed by atoms with Crippen molar-refractivity contribution in [1.29, 1.82) is 0 Å². The molecule has 2 N–H and O–H groups in total. The first-order chi connectivity index (χ1) is 8.93. The molecule has 1 fully saturated rings. The molecule has 0 bridgehead atoms. The highest BCUT2D eigenvalue weighted by atomic mass is 16.3. The fourth-order valence-corrected chi connectivity index (χ4v) is 2.66. The van der Waals surface area contributed by atoms with Gasteiger partial charge in [0.25, 0.3) is 0 Å². The van der Waals surface area contributed by atoms with Crippen LogP contribution in [-0.2, 0) is 6.42 Å². The average molecular weight is 244 g/mol. The first-order valence-electron chi connectivity index (χ1n) is 6.83. The predicted molar refractivity (Wildman–Crippen MR) is 73.8 cm³/mol. The highest BCUT2D eigenvalue weighted by Crippen LogP contribution is 2.20. The number of para-hydroxylation sites is 1. The number of furan rings is 1. The van der Waals surface area contributed by atoms with Crippen LogP contribution in [0.3, 0.4) is 0 Å². The number of fused-ring (bicyclic) bond motifs is 1. The topological polar surface area (TPSA) is 37.2 Å². The predicted octanol–water partition coefficient (Wildman–Crippen LogP) is 2.32. The SMILES string of the molecule is c1ccc2c(CCNCC3CCCN3)coc2c1. The first kappa shape index (κ1) is 11.8. The summed E-state index contributed by atoms with van der Waals surface area (Å²) in [6, 6.07) is 8.91. The van der Waals surface area contributed by atoms with Gasteiger partial charge in [-0.2, -0.15) is 0 Å². The molecule has 2 heterocycles. The Morgan fingerprint density at radius 2 is 2.28 bits per heavy atom. The van der Waals surface area contributed by atoms with E-state index in [0.29, 0.717) is 6.04 Å². The van der Waals surface area contributed by atoms with Crippen molar-refractivity contribution < 1.29 is 4.42 Å². The van der Waals surface area contributed by atoms with Gasteiger partial charge in [-0.1, -0.05) is 18.2 Å².